The molecule has 2 amide bonds. The van der Waals surface area contributed by atoms with Crippen molar-refractivity contribution in [3.05, 3.63) is 54.2 Å². The maximum absolute atomic E-state index is 13.6. The number of pyridine rings is 1. The Balaban J connectivity index is 1.73. The number of carbonyl (C=O) groups excluding carboxylic acids is 2. The van der Waals surface area contributed by atoms with E-state index in [0.29, 0.717) is 5.92 Å². The lowest BCUT2D eigenvalue weighted by Crippen LogP contribution is -2.52. The first kappa shape index (κ1) is 20.6. The molecule has 0 unspecified atom stereocenters. The van der Waals surface area contributed by atoms with Gasteiger partial charge in [-0.1, -0.05) is 32.6 Å². The number of nitrogens with zero attached hydrogens (tertiary/aromatic N) is 2. The van der Waals surface area contributed by atoms with Crippen molar-refractivity contribution in [2.45, 2.75) is 76.4 Å². The van der Waals surface area contributed by atoms with Crippen molar-refractivity contribution >= 4 is 11.8 Å². The van der Waals surface area contributed by atoms with Gasteiger partial charge in [0.25, 0.3) is 5.91 Å². The number of amides is 2. The Morgan fingerprint density at radius 1 is 1.07 bits per heavy atom. The van der Waals surface area contributed by atoms with Crippen LogP contribution >= 0.6 is 0 Å². The molecule has 6 heteroatoms. The molecule has 160 valence electrons. The van der Waals surface area contributed by atoms with Gasteiger partial charge in [0.2, 0.25) is 5.91 Å². The summed E-state index contributed by atoms with van der Waals surface area (Å²) in [6, 6.07) is 6.56. The topological polar surface area (TPSA) is 75.4 Å². The van der Waals surface area contributed by atoms with Gasteiger partial charge in [0.15, 0.2) is 5.76 Å². The van der Waals surface area contributed by atoms with Crippen LogP contribution in [0.2, 0.25) is 0 Å². The van der Waals surface area contributed by atoms with Crippen LogP contribution in [-0.4, -0.2) is 33.8 Å². The van der Waals surface area contributed by atoms with E-state index in [2.05, 4.69) is 17.2 Å². The first-order chi connectivity index (χ1) is 14.6. The van der Waals surface area contributed by atoms with Crippen LogP contribution in [0.1, 0.15) is 80.5 Å². The van der Waals surface area contributed by atoms with Gasteiger partial charge in [0.05, 0.1) is 6.26 Å². The zero-order valence-electron chi connectivity index (χ0n) is 17.6. The van der Waals surface area contributed by atoms with E-state index in [-0.39, 0.29) is 29.7 Å². The molecule has 2 fully saturated rings. The summed E-state index contributed by atoms with van der Waals surface area (Å²) < 4.78 is 5.47. The number of rotatable bonds is 6. The van der Waals surface area contributed by atoms with Crippen LogP contribution in [0.5, 0.6) is 0 Å². The summed E-state index contributed by atoms with van der Waals surface area (Å²) in [6.07, 6.45) is 13.3. The quantitative estimate of drug-likeness (QED) is 0.762. The number of nitrogens with one attached hydrogen (secondary N) is 1. The molecular weight excluding hydrogens is 378 g/mol. The lowest BCUT2D eigenvalue weighted by Gasteiger charge is -2.42. The molecule has 0 spiro atoms. The molecule has 3 atom stereocenters. The average molecular weight is 410 g/mol. The number of carbonyl (C=O) groups is 2. The SMILES string of the molecule is C[C@@H]1CCCC[C@H]1N(C(=O)c1ccco1)[C@@H](C(=O)NC1CCCC1)c1ccncc1. The summed E-state index contributed by atoms with van der Waals surface area (Å²) in [4.78, 5) is 33.2. The summed E-state index contributed by atoms with van der Waals surface area (Å²) in [5.74, 6) is 0.273. The highest BCUT2D eigenvalue weighted by molar-refractivity contribution is 5.96. The zero-order chi connectivity index (χ0) is 20.9. The number of hydrogen-bond donors (Lipinski definition) is 1. The third kappa shape index (κ3) is 4.42. The van der Waals surface area contributed by atoms with Crippen molar-refractivity contribution in [3.8, 4) is 0 Å². The Labute approximate surface area is 178 Å². The van der Waals surface area contributed by atoms with Gasteiger partial charge < -0.3 is 14.6 Å². The second-order valence-corrected chi connectivity index (χ2v) is 8.69. The molecule has 4 rings (SSSR count). The monoisotopic (exact) mass is 409 g/mol. The molecule has 30 heavy (non-hydrogen) atoms. The lowest BCUT2D eigenvalue weighted by molar-refractivity contribution is -0.128. The molecule has 6 nitrogen and oxygen atoms in total. The number of hydrogen-bond acceptors (Lipinski definition) is 4. The van der Waals surface area contributed by atoms with E-state index in [1.165, 1.54) is 6.26 Å². The van der Waals surface area contributed by atoms with Gasteiger partial charge in [-0.15, -0.1) is 0 Å². The van der Waals surface area contributed by atoms with Crippen molar-refractivity contribution in [3.63, 3.8) is 0 Å². The third-order valence-corrected chi connectivity index (χ3v) is 6.64. The molecular formula is C24H31N3O3. The fourth-order valence-electron chi connectivity index (χ4n) is 5.03. The maximum atomic E-state index is 13.6. The average Bonchev–Trinajstić information content (AvgIpc) is 3.47. The van der Waals surface area contributed by atoms with Crippen molar-refractivity contribution in [2.75, 3.05) is 0 Å². The minimum absolute atomic E-state index is 0.0103. The van der Waals surface area contributed by atoms with Gasteiger partial charge in [-0.2, -0.15) is 0 Å². The Hall–Kier alpha value is -2.63. The van der Waals surface area contributed by atoms with E-state index < -0.39 is 6.04 Å². The highest BCUT2D eigenvalue weighted by Crippen LogP contribution is 2.35. The van der Waals surface area contributed by atoms with Crippen molar-refractivity contribution in [2.24, 2.45) is 5.92 Å². The van der Waals surface area contributed by atoms with Gasteiger partial charge >= 0.3 is 0 Å². The Morgan fingerprint density at radius 3 is 2.43 bits per heavy atom. The number of furan rings is 1. The normalized spacial score (nSPS) is 23.1. The summed E-state index contributed by atoms with van der Waals surface area (Å²) >= 11 is 0. The summed E-state index contributed by atoms with van der Waals surface area (Å²) in [5.41, 5.74) is 0.790. The molecule has 2 aliphatic rings. The first-order valence-electron chi connectivity index (χ1n) is 11.2. The Morgan fingerprint density at radius 2 is 1.77 bits per heavy atom. The van der Waals surface area contributed by atoms with Gasteiger partial charge in [0, 0.05) is 24.5 Å². The largest absolute Gasteiger partial charge is 0.459 e. The summed E-state index contributed by atoms with van der Waals surface area (Å²) in [7, 11) is 0. The standard InChI is InChI=1S/C24H31N3O3/c1-17-7-2-5-10-20(17)27(24(29)21-11-6-16-30-21)22(18-12-14-25-15-13-18)23(28)26-19-8-3-4-9-19/h6,11-17,19-20,22H,2-5,7-10H2,1H3,(H,26,28)/t17-,20-,22-/m1/s1. The molecule has 0 saturated heterocycles. The van der Waals surface area contributed by atoms with Crippen LogP contribution in [0.15, 0.2) is 47.3 Å². The van der Waals surface area contributed by atoms with E-state index in [4.69, 9.17) is 4.42 Å². The van der Waals surface area contributed by atoms with Crippen molar-refractivity contribution in [1.29, 1.82) is 0 Å². The molecule has 2 aliphatic carbocycles. The van der Waals surface area contributed by atoms with E-state index in [0.717, 1.165) is 56.9 Å². The van der Waals surface area contributed by atoms with Gasteiger partial charge in [-0.3, -0.25) is 14.6 Å². The number of aromatic nitrogens is 1. The van der Waals surface area contributed by atoms with Gasteiger partial charge in [-0.25, -0.2) is 0 Å². The minimum atomic E-state index is -0.697. The zero-order valence-corrected chi connectivity index (χ0v) is 17.6. The molecule has 0 radical (unpaired) electrons. The maximum Gasteiger partial charge on any atom is 0.290 e. The predicted molar refractivity (Wildman–Crippen MR) is 114 cm³/mol. The van der Waals surface area contributed by atoms with Crippen LogP contribution in [0.25, 0.3) is 0 Å². The smallest absolute Gasteiger partial charge is 0.290 e. The Bertz CT molecular complexity index is 831. The van der Waals surface area contributed by atoms with Crippen molar-refractivity contribution < 1.29 is 14.0 Å². The Kier molecular flexibility index (Phi) is 6.50. The van der Waals surface area contributed by atoms with E-state index >= 15 is 0 Å². The second-order valence-electron chi connectivity index (χ2n) is 8.69. The van der Waals surface area contributed by atoms with E-state index in [1.807, 2.05) is 12.1 Å². The van der Waals surface area contributed by atoms with E-state index in [1.54, 1.807) is 29.4 Å². The van der Waals surface area contributed by atoms with E-state index in [9.17, 15) is 9.59 Å². The highest BCUT2D eigenvalue weighted by Gasteiger charge is 2.41. The minimum Gasteiger partial charge on any atom is -0.459 e. The van der Waals surface area contributed by atoms with Crippen LogP contribution in [-0.2, 0) is 4.79 Å². The fraction of sp³-hybridized carbons (Fsp3) is 0.542. The van der Waals surface area contributed by atoms with Crippen LogP contribution in [0.4, 0.5) is 0 Å². The third-order valence-electron chi connectivity index (χ3n) is 6.64. The molecule has 2 heterocycles. The van der Waals surface area contributed by atoms with Crippen LogP contribution < -0.4 is 5.32 Å². The fourth-order valence-corrected chi connectivity index (χ4v) is 5.03. The molecule has 0 bridgehead atoms. The van der Waals surface area contributed by atoms with Crippen LogP contribution in [0.3, 0.4) is 0 Å². The van der Waals surface area contributed by atoms with Gasteiger partial charge in [-0.05, 0) is 61.4 Å². The van der Waals surface area contributed by atoms with Gasteiger partial charge in [0.1, 0.15) is 6.04 Å². The predicted octanol–water partition coefficient (Wildman–Crippen LogP) is 4.50. The molecule has 2 aromatic heterocycles. The molecule has 1 N–H and O–H groups in total. The molecule has 0 aromatic carbocycles. The van der Waals surface area contributed by atoms with Crippen molar-refractivity contribution in [1.82, 2.24) is 15.2 Å². The first-order valence-corrected chi connectivity index (χ1v) is 11.2. The second kappa shape index (κ2) is 9.45. The molecule has 2 aromatic rings. The van der Waals surface area contributed by atoms with Crippen LogP contribution in [0, 0.1) is 5.92 Å². The highest BCUT2D eigenvalue weighted by atomic mass is 16.3. The summed E-state index contributed by atoms with van der Waals surface area (Å²) in [6.45, 7) is 2.19. The molecule has 0 aliphatic heterocycles. The lowest BCUT2D eigenvalue weighted by atomic mass is 9.83. The summed E-state index contributed by atoms with van der Waals surface area (Å²) in [5, 5.41) is 3.23. The molecule has 2 saturated carbocycles.